The van der Waals surface area contributed by atoms with Gasteiger partial charge in [-0.25, -0.2) is 0 Å². The fourth-order valence-electron chi connectivity index (χ4n) is 1.94. The molecule has 0 aromatic carbocycles. The lowest BCUT2D eigenvalue weighted by Gasteiger charge is -2.10. The average Bonchev–Trinajstić information content (AvgIpc) is 2.68. The molecule has 1 rings (SSSR count). The van der Waals surface area contributed by atoms with Gasteiger partial charge in [0.15, 0.2) is 0 Å². The van der Waals surface area contributed by atoms with Crippen molar-refractivity contribution in [3.8, 4) is 0 Å². The monoisotopic (exact) mass is 198 g/mol. The highest BCUT2D eigenvalue weighted by Gasteiger charge is 2.15. The van der Waals surface area contributed by atoms with Crippen LogP contribution in [0.4, 0.5) is 0 Å². The normalized spacial score (nSPS) is 17.2. The third kappa shape index (κ3) is 4.61. The molecule has 1 fully saturated rings. The summed E-state index contributed by atoms with van der Waals surface area (Å²) in [6.45, 7) is 4.68. The molecule has 0 aromatic rings. The second-order valence-corrected chi connectivity index (χ2v) is 4.06. The zero-order valence-electron chi connectivity index (χ0n) is 9.14. The maximum Gasteiger partial charge on any atom is 0.221 e. The molecule has 0 spiro atoms. The molecule has 3 heteroatoms. The molecule has 0 radical (unpaired) electrons. The van der Waals surface area contributed by atoms with Crippen molar-refractivity contribution >= 4 is 5.91 Å². The number of hydrogen-bond acceptors (Lipinski definition) is 2. The van der Waals surface area contributed by atoms with E-state index in [1.807, 2.05) is 0 Å². The van der Waals surface area contributed by atoms with E-state index < -0.39 is 0 Å². The Hall–Kier alpha value is -0.570. The molecular formula is C11H22N2O. The van der Waals surface area contributed by atoms with Crippen LogP contribution < -0.4 is 10.6 Å². The lowest BCUT2D eigenvalue weighted by molar-refractivity contribution is -0.121. The number of amides is 1. The van der Waals surface area contributed by atoms with Gasteiger partial charge < -0.3 is 10.6 Å². The van der Waals surface area contributed by atoms with Crippen molar-refractivity contribution in [1.29, 1.82) is 0 Å². The van der Waals surface area contributed by atoms with Gasteiger partial charge in [0.05, 0.1) is 0 Å². The molecule has 0 atom stereocenters. The molecule has 0 bridgehead atoms. The Kier molecular flexibility index (Phi) is 5.60. The Labute approximate surface area is 86.6 Å². The molecule has 1 saturated carbocycles. The summed E-state index contributed by atoms with van der Waals surface area (Å²) in [7, 11) is 0. The zero-order valence-corrected chi connectivity index (χ0v) is 9.14. The topological polar surface area (TPSA) is 41.1 Å². The van der Waals surface area contributed by atoms with Crippen molar-refractivity contribution < 1.29 is 4.79 Å². The predicted molar refractivity (Wildman–Crippen MR) is 58.1 cm³/mol. The predicted octanol–water partition coefficient (Wildman–Crippen LogP) is 1.29. The van der Waals surface area contributed by atoms with Crippen LogP contribution in [0.1, 0.15) is 39.0 Å². The Morgan fingerprint density at radius 2 is 2.07 bits per heavy atom. The molecule has 82 valence electrons. The molecule has 0 saturated heterocycles. The minimum Gasteiger partial charge on any atom is -0.356 e. The van der Waals surface area contributed by atoms with Gasteiger partial charge in [-0.1, -0.05) is 19.8 Å². The van der Waals surface area contributed by atoms with Crippen LogP contribution in [0.2, 0.25) is 0 Å². The van der Waals surface area contributed by atoms with E-state index in [2.05, 4.69) is 17.6 Å². The highest BCUT2D eigenvalue weighted by atomic mass is 16.1. The van der Waals surface area contributed by atoms with E-state index in [0.29, 0.717) is 6.42 Å². The maximum absolute atomic E-state index is 11.3. The van der Waals surface area contributed by atoms with Gasteiger partial charge in [-0.3, -0.25) is 4.79 Å². The molecule has 0 heterocycles. The van der Waals surface area contributed by atoms with Gasteiger partial charge >= 0.3 is 0 Å². The Morgan fingerprint density at radius 1 is 1.36 bits per heavy atom. The summed E-state index contributed by atoms with van der Waals surface area (Å²) >= 11 is 0. The van der Waals surface area contributed by atoms with Crippen molar-refractivity contribution in [2.45, 2.75) is 39.0 Å². The van der Waals surface area contributed by atoms with E-state index in [9.17, 15) is 4.79 Å². The highest BCUT2D eigenvalue weighted by Crippen LogP contribution is 2.23. The standard InChI is InChI=1S/C11H22N2O/c1-2-12-8-7-11(14)13-9-10-5-3-4-6-10/h10,12H,2-9H2,1H3,(H,13,14). The van der Waals surface area contributed by atoms with Crippen LogP contribution >= 0.6 is 0 Å². The van der Waals surface area contributed by atoms with Gasteiger partial charge in [0.25, 0.3) is 0 Å². The van der Waals surface area contributed by atoms with Gasteiger partial charge in [-0.15, -0.1) is 0 Å². The molecular weight excluding hydrogens is 176 g/mol. The van der Waals surface area contributed by atoms with Crippen molar-refractivity contribution in [1.82, 2.24) is 10.6 Å². The van der Waals surface area contributed by atoms with Crippen LogP contribution in [0, 0.1) is 5.92 Å². The molecule has 0 aliphatic heterocycles. The Morgan fingerprint density at radius 3 is 2.71 bits per heavy atom. The average molecular weight is 198 g/mol. The van der Waals surface area contributed by atoms with Crippen molar-refractivity contribution in [2.24, 2.45) is 5.92 Å². The number of rotatable bonds is 6. The summed E-state index contributed by atoms with van der Waals surface area (Å²) in [5, 5.41) is 6.15. The minimum absolute atomic E-state index is 0.192. The minimum atomic E-state index is 0.192. The SMILES string of the molecule is CCNCCC(=O)NCC1CCCC1. The summed E-state index contributed by atoms with van der Waals surface area (Å²) in [4.78, 5) is 11.3. The lowest BCUT2D eigenvalue weighted by Crippen LogP contribution is -2.30. The first-order valence-electron chi connectivity index (χ1n) is 5.80. The summed E-state index contributed by atoms with van der Waals surface area (Å²) in [5.41, 5.74) is 0. The second kappa shape index (κ2) is 6.82. The Balaban J connectivity index is 1.96. The van der Waals surface area contributed by atoms with E-state index in [1.54, 1.807) is 0 Å². The molecule has 1 amide bonds. The largest absolute Gasteiger partial charge is 0.356 e. The second-order valence-electron chi connectivity index (χ2n) is 4.06. The first-order chi connectivity index (χ1) is 6.83. The molecule has 1 aliphatic rings. The molecule has 0 aromatic heterocycles. The number of hydrogen-bond donors (Lipinski definition) is 2. The van der Waals surface area contributed by atoms with Gasteiger partial charge in [0, 0.05) is 19.5 Å². The molecule has 1 aliphatic carbocycles. The zero-order chi connectivity index (χ0) is 10.2. The van der Waals surface area contributed by atoms with E-state index in [0.717, 1.165) is 25.6 Å². The van der Waals surface area contributed by atoms with Crippen molar-refractivity contribution in [2.75, 3.05) is 19.6 Å². The van der Waals surface area contributed by atoms with Crippen molar-refractivity contribution in [3.05, 3.63) is 0 Å². The van der Waals surface area contributed by atoms with Crippen LogP contribution in [0.3, 0.4) is 0 Å². The van der Waals surface area contributed by atoms with Gasteiger partial charge in [-0.2, -0.15) is 0 Å². The number of carbonyl (C=O) groups is 1. The van der Waals surface area contributed by atoms with E-state index in [4.69, 9.17) is 0 Å². The maximum atomic E-state index is 11.3. The van der Waals surface area contributed by atoms with Crippen LogP contribution in [0.15, 0.2) is 0 Å². The van der Waals surface area contributed by atoms with Gasteiger partial charge in [0.1, 0.15) is 0 Å². The third-order valence-corrected chi connectivity index (χ3v) is 2.84. The highest BCUT2D eigenvalue weighted by molar-refractivity contribution is 5.76. The first-order valence-corrected chi connectivity index (χ1v) is 5.80. The summed E-state index contributed by atoms with van der Waals surface area (Å²) in [6.07, 6.45) is 5.90. The number of nitrogens with one attached hydrogen (secondary N) is 2. The lowest BCUT2D eigenvalue weighted by atomic mass is 10.1. The molecule has 14 heavy (non-hydrogen) atoms. The van der Waals surface area contributed by atoms with Crippen LogP contribution in [0.5, 0.6) is 0 Å². The van der Waals surface area contributed by atoms with Crippen LogP contribution in [0.25, 0.3) is 0 Å². The van der Waals surface area contributed by atoms with Crippen LogP contribution in [-0.2, 0) is 4.79 Å². The smallest absolute Gasteiger partial charge is 0.221 e. The molecule has 0 unspecified atom stereocenters. The molecule has 2 N–H and O–H groups in total. The van der Waals surface area contributed by atoms with E-state index in [-0.39, 0.29) is 5.91 Å². The van der Waals surface area contributed by atoms with Gasteiger partial charge in [-0.05, 0) is 25.3 Å². The fourth-order valence-corrected chi connectivity index (χ4v) is 1.94. The first kappa shape index (κ1) is 11.5. The third-order valence-electron chi connectivity index (χ3n) is 2.84. The fraction of sp³-hybridized carbons (Fsp3) is 0.909. The van der Waals surface area contributed by atoms with Crippen molar-refractivity contribution in [3.63, 3.8) is 0 Å². The quantitative estimate of drug-likeness (QED) is 0.631. The molecule has 3 nitrogen and oxygen atoms in total. The van der Waals surface area contributed by atoms with Crippen LogP contribution in [-0.4, -0.2) is 25.5 Å². The summed E-state index contributed by atoms with van der Waals surface area (Å²) < 4.78 is 0. The Bertz CT molecular complexity index is 165. The van der Waals surface area contributed by atoms with E-state index in [1.165, 1.54) is 25.7 Å². The summed E-state index contributed by atoms with van der Waals surface area (Å²) in [6, 6.07) is 0. The number of carbonyl (C=O) groups excluding carboxylic acids is 1. The van der Waals surface area contributed by atoms with Gasteiger partial charge in [0.2, 0.25) is 5.91 Å². The van der Waals surface area contributed by atoms with E-state index >= 15 is 0 Å². The summed E-state index contributed by atoms with van der Waals surface area (Å²) in [5.74, 6) is 0.941.